The zero-order valence-electron chi connectivity index (χ0n) is 25.5. The molecule has 3 aliphatic heterocycles. The van der Waals surface area contributed by atoms with Gasteiger partial charge in [0, 0.05) is 25.2 Å². The Kier molecular flexibility index (Phi) is 8.59. The summed E-state index contributed by atoms with van der Waals surface area (Å²) in [6.07, 6.45) is 4.42. The minimum absolute atomic E-state index is 0.116. The first-order valence-electron chi connectivity index (χ1n) is 14.8. The average molecular weight is 566 g/mol. The van der Waals surface area contributed by atoms with Crippen LogP contribution in [0.1, 0.15) is 59.9 Å². The van der Waals surface area contributed by atoms with E-state index in [1.807, 2.05) is 71.9 Å². The number of carbonyl (C=O) groups excluding carboxylic acids is 3. The molecule has 224 valence electrons. The lowest BCUT2D eigenvalue weighted by Crippen LogP contribution is -2.62. The van der Waals surface area contributed by atoms with Crippen LogP contribution in [0.5, 0.6) is 0 Å². The van der Waals surface area contributed by atoms with E-state index in [4.69, 9.17) is 4.74 Å². The van der Waals surface area contributed by atoms with Crippen LogP contribution in [0.25, 0.3) is 0 Å². The lowest BCUT2D eigenvalue weighted by Gasteiger charge is -2.44. The molecule has 1 aromatic carbocycles. The third-order valence-electron chi connectivity index (χ3n) is 9.29. The fraction of sp³-hybridized carbons (Fsp3) is 0.606. The summed E-state index contributed by atoms with van der Waals surface area (Å²) in [5, 5.41) is 10.5. The van der Waals surface area contributed by atoms with Crippen LogP contribution in [0.15, 0.2) is 55.6 Å². The fourth-order valence-electron chi connectivity index (χ4n) is 7.36. The van der Waals surface area contributed by atoms with Crippen molar-refractivity contribution in [2.45, 2.75) is 89.8 Å². The van der Waals surface area contributed by atoms with Crippen LogP contribution in [0, 0.1) is 17.8 Å². The van der Waals surface area contributed by atoms with E-state index in [9.17, 15) is 19.5 Å². The first kappa shape index (κ1) is 31.0. The topological polar surface area (TPSA) is 90.4 Å². The van der Waals surface area contributed by atoms with Gasteiger partial charge in [-0.2, -0.15) is 0 Å². The van der Waals surface area contributed by atoms with Gasteiger partial charge in [0.25, 0.3) is 0 Å². The number of amides is 3. The van der Waals surface area contributed by atoms with Crippen LogP contribution >= 0.6 is 0 Å². The Morgan fingerprint density at radius 2 is 1.76 bits per heavy atom. The number of aliphatic hydroxyl groups is 1. The van der Waals surface area contributed by atoms with Crippen LogP contribution in [0.3, 0.4) is 0 Å². The van der Waals surface area contributed by atoms with Crippen molar-refractivity contribution in [1.82, 2.24) is 14.7 Å². The van der Waals surface area contributed by atoms with E-state index < -0.39 is 40.7 Å². The van der Waals surface area contributed by atoms with Crippen molar-refractivity contribution in [3.63, 3.8) is 0 Å². The van der Waals surface area contributed by atoms with Crippen molar-refractivity contribution in [2.24, 2.45) is 17.8 Å². The van der Waals surface area contributed by atoms with Crippen molar-refractivity contribution < 1.29 is 24.2 Å². The Balaban J connectivity index is 1.82. The summed E-state index contributed by atoms with van der Waals surface area (Å²) < 4.78 is 6.84. The largest absolute Gasteiger partial charge is 0.394 e. The SMILES string of the molecule is C=CCN(Cc1ccccc1)C(=O)[C@H]1[C@H]2C(=O)N([C@@H](CO)C(C)C)C(C(=O)N(CC=C)C(C)(C)C)C23CC[C@]1(C)O3. The molecular weight excluding hydrogens is 518 g/mol. The number of likely N-dealkylation sites (tertiary alicyclic amines) is 1. The molecule has 0 saturated carbocycles. The van der Waals surface area contributed by atoms with Crippen molar-refractivity contribution in [2.75, 3.05) is 19.7 Å². The van der Waals surface area contributed by atoms with E-state index in [-0.39, 0.29) is 30.2 Å². The second kappa shape index (κ2) is 11.4. The second-order valence-electron chi connectivity index (χ2n) is 13.4. The number of rotatable bonds is 11. The molecule has 6 atom stereocenters. The van der Waals surface area contributed by atoms with Crippen molar-refractivity contribution in [3.8, 4) is 0 Å². The quantitative estimate of drug-likeness (QED) is 0.413. The smallest absolute Gasteiger partial charge is 0.249 e. The second-order valence-corrected chi connectivity index (χ2v) is 13.4. The van der Waals surface area contributed by atoms with Gasteiger partial charge in [0.15, 0.2) is 0 Å². The molecule has 8 heteroatoms. The fourth-order valence-corrected chi connectivity index (χ4v) is 7.36. The Morgan fingerprint density at radius 1 is 1.12 bits per heavy atom. The summed E-state index contributed by atoms with van der Waals surface area (Å²) in [5.74, 6) is -2.41. The summed E-state index contributed by atoms with van der Waals surface area (Å²) in [5.41, 5.74) is -1.63. The predicted octanol–water partition coefficient (Wildman–Crippen LogP) is 3.80. The van der Waals surface area contributed by atoms with Crippen LogP contribution in [0.2, 0.25) is 0 Å². The van der Waals surface area contributed by atoms with Crippen molar-refractivity contribution >= 4 is 17.7 Å². The highest BCUT2D eigenvalue weighted by Crippen LogP contribution is 2.64. The monoisotopic (exact) mass is 565 g/mol. The standard InChI is InChI=1S/C33H47N3O5/c1-9-18-34(20-23-14-12-11-13-15-23)28(38)25-26-29(39)36(24(21-37)22(3)4)27(33(26)17-16-32(25,8)41-33)30(40)35(19-10-2)31(5,6)7/h9-15,22,24-27,37H,1-2,16-21H2,3-8H3/t24-,25+,26-,27?,32-,33?/m0/s1. The maximum atomic E-state index is 14.6. The molecule has 8 nitrogen and oxygen atoms in total. The first-order valence-corrected chi connectivity index (χ1v) is 14.8. The van der Waals surface area contributed by atoms with Gasteiger partial charge in [-0.3, -0.25) is 14.4 Å². The van der Waals surface area contributed by atoms with Gasteiger partial charge in [-0.15, -0.1) is 13.2 Å². The molecule has 0 aromatic heterocycles. The average Bonchev–Trinajstić information content (AvgIpc) is 3.47. The van der Waals surface area contributed by atoms with E-state index >= 15 is 0 Å². The van der Waals surface area contributed by atoms with Gasteiger partial charge < -0.3 is 24.5 Å². The Morgan fingerprint density at radius 3 is 2.29 bits per heavy atom. The minimum Gasteiger partial charge on any atom is -0.394 e. The summed E-state index contributed by atoms with van der Waals surface area (Å²) >= 11 is 0. The number of hydrogen-bond acceptors (Lipinski definition) is 5. The van der Waals surface area contributed by atoms with E-state index in [1.165, 1.54) is 0 Å². The molecule has 2 unspecified atom stereocenters. The molecule has 3 saturated heterocycles. The normalized spacial score (nSPS) is 29.4. The molecular formula is C33H47N3O5. The molecule has 41 heavy (non-hydrogen) atoms. The molecule has 1 aromatic rings. The van der Waals surface area contributed by atoms with E-state index in [2.05, 4.69) is 13.2 Å². The Labute approximate surface area is 245 Å². The van der Waals surface area contributed by atoms with E-state index in [0.717, 1.165) is 5.56 Å². The van der Waals surface area contributed by atoms with Crippen LogP contribution in [0.4, 0.5) is 0 Å². The van der Waals surface area contributed by atoms with Crippen LogP contribution < -0.4 is 0 Å². The number of hydrogen-bond donors (Lipinski definition) is 1. The van der Waals surface area contributed by atoms with Crippen LogP contribution in [-0.2, 0) is 25.7 Å². The lowest BCUT2D eigenvalue weighted by molar-refractivity contribution is -0.160. The maximum absolute atomic E-state index is 14.6. The summed E-state index contributed by atoms with van der Waals surface area (Å²) in [4.78, 5) is 48.6. The highest BCUT2D eigenvalue weighted by atomic mass is 16.5. The molecule has 1 N–H and O–H groups in total. The van der Waals surface area contributed by atoms with Gasteiger partial charge in [0.05, 0.1) is 30.1 Å². The molecule has 3 heterocycles. The third kappa shape index (κ3) is 5.14. The number of carbonyl (C=O) groups is 3. The molecule has 3 fully saturated rings. The number of fused-ring (bicyclic) bond motifs is 1. The zero-order chi connectivity index (χ0) is 30.3. The van der Waals surface area contributed by atoms with Gasteiger partial charge in [-0.1, -0.05) is 56.3 Å². The zero-order valence-corrected chi connectivity index (χ0v) is 25.5. The predicted molar refractivity (Wildman–Crippen MR) is 158 cm³/mol. The van der Waals surface area contributed by atoms with E-state index in [1.54, 1.807) is 26.9 Å². The highest BCUT2D eigenvalue weighted by Gasteiger charge is 2.79. The summed E-state index contributed by atoms with van der Waals surface area (Å²) in [6, 6.07) is 8.18. The number of ether oxygens (including phenoxy) is 1. The van der Waals surface area contributed by atoms with Gasteiger partial charge in [-0.25, -0.2) is 0 Å². The number of nitrogens with zero attached hydrogens (tertiary/aromatic N) is 3. The number of aliphatic hydroxyl groups excluding tert-OH is 1. The number of benzene rings is 1. The molecule has 3 aliphatic rings. The highest BCUT2D eigenvalue weighted by molar-refractivity contribution is 5.99. The van der Waals surface area contributed by atoms with Crippen LogP contribution in [-0.4, -0.2) is 86.0 Å². The summed E-state index contributed by atoms with van der Waals surface area (Å²) in [7, 11) is 0. The Hall–Kier alpha value is -2.97. The van der Waals surface area contributed by atoms with Gasteiger partial charge in [0.2, 0.25) is 17.7 Å². The van der Waals surface area contributed by atoms with Crippen molar-refractivity contribution in [3.05, 3.63) is 61.2 Å². The lowest BCUT2D eigenvalue weighted by atomic mass is 9.66. The van der Waals surface area contributed by atoms with Crippen molar-refractivity contribution in [1.29, 1.82) is 0 Å². The van der Waals surface area contributed by atoms with Gasteiger partial charge in [-0.05, 0) is 52.0 Å². The molecule has 0 radical (unpaired) electrons. The minimum atomic E-state index is -1.16. The molecule has 0 aliphatic carbocycles. The molecule has 4 rings (SSSR count). The maximum Gasteiger partial charge on any atom is 0.249 e. The summed E-state index contributed by atoms with van der Waals surface area (Å²) in [6.45, 7) is 20.1. The van der Waals surface area contributed by atoms with Gasteiger partial charge >= 0.3 is 0 Å². The van der Waals surface area contributed by atoms with E-state index in [0.29, 0.717) is 32.5 Å². The molecule has 1 spiro atoms. The Bertz CT molecular complexity index is 1180. The molecule has 2 bridgehead atoms. The van der Waals surface area contributed by atoms with Gasteiger partial charge in [0.1, 0.15) is 11.6 Å². The third-order valence-corrected chi connectivity index (χ3v) is 9.29. The first-order chi connectivity index (χ1) is 19.3. The molecule has 3 amide bonds.